The van der Waals surface area contributed by atoms with Crippen LogP contribution in [0.2, 0.25) is 0 Å². The Balaban J connectivity index is 1.61. The fraction of sp³-hybridized carbons (Fsp3) is 0.688. The average Bonchev–Trinajstić information content (AvgIpc) is 3.04. The van der Waals surface area contributed by atoms with Gasteiger partial charge in [-0.1, -0.05) is 13.3 Å². The molecule has 0 aliphatic heterocycles. The first-order chi connectivity index (χ1) is 9.99. The van der Waals surface area contributed by atoms with Gasteiger partial charge in [0.25, 0.3) is 5.56 Å². The van der Waals surface area contributed by atoms with Crippen molar-refractivity contribution in [1.29, 1.82) is 0 Å². The van der Waals surface area contributed by atoms with Crippen molar-refractivity contribution in [2.75, 3.05) is 13.6 Å². The number of fused-ring (bicyclic) bond motifs is 2. The van der Waals surface area contributed by atoms with E-state index in [9.17, 15) is 9.59 Å². The molecular formula is C16H23N3O2. The summed E-state index contributed by atoms with van der Waals surface area (Å²) in [6.45, 7) is 2.73. The Morgan fingerprint density at radius 1 is 1.52 bits per heavy atom. The highest BCUT2D eigenvalue weighted by Crippen LogP contribution is 2.56. The Bertz CT molecular complexity index is 597. The van der Waals surface area contributed by atoms with E-state index in [4.69, 9.17) is 0 Å². The van der Waals surface area contributed by atoms with E-state index in [1.54, 1.807) is 0 Å². The molecule has 5 nitrogen and oxygen atoms in total. The van der Waals surface area contributed by atoms with Gasteiger partial charge in [-0.05, 0) is 31.1 Å². The van der Waals surface area contributed by atoms with Gasteiger partial charge in [-0.15, -0.1) is 0 Å². The summed E-state index contributed by atoms with van der Waals surface area (Å²) in [7, 11) is 1.86. The molecule has 3 rings (SSSR count). The topological polar surface area (TPSA) is 66.1 Å². The van der Waals surface area contributed by atoms with Crippen LogP contribution in [-0.2, 0) is 11.2 Å². The smallest absolute Gasteiger partial charge is 0.250 e. The third kappa shape index (κ3) is 2.61. The first-order valence-corrected chi connectivity index (χ1v) is 7.79. The van der Waals surface area contributed by atoms with Gasteiger partial charge in [-0.3, -0.25) is 9.59 Å². The normalized spacial score (nSPS) is 30.6. The summed E-state index contributed by atoms with van der Waals surface area (Å²) in [6.07, 6.45) is 6.86. The molecule has 114 valence electrons. The fourth-order valence-electron chi connectivity index (χ4n) is 4.22. The van der Waals surface area contributed by atoms with Crippen LogP contribution in [0, 0.1) is 17.3 Å². The van der Waals surface area contributed by atoms with E-state index in [1.807, 2.05) is 11.9 Å². The van der Waals surface area contributed by atoms with Gasteiger partial charge in [-0.25, -0.2) is 4.98 Å². The Morgan fingerprint density at radius 2 is 2.33 bits per heavy atom. The Hall–Kier alpha value is -1.65. The first kappa shape index (κ1) is 14.3. The third-order valence-corrected chi connectivity index (χ3v) is 5.40. The number of H-pyrrole nitrogens is 1. The first-order valence-electron chi connectivity index (χ1n) is 7.79. The number of likely N-dealkylation sites (N-methyl/N-ethyl adjacent to an activating group) is 1. The number of nitrogens with zero attached hydrogens (tertiary/aromatic N) is 2. The largest absolute Gasteiger partial charge is 0.345 e. The van der Waals surface area contributed by atoms with E-state index in [1.165, 1.54) is 31.5 Å². The van der Waals surface area contributed by atoms with Crippen molar-refractivity contribution in [3.8, 4) is 0 Å². The number of aromatic amines is 1. The van der Waals surface area contributed by atoms with Crippen LogP contribution < -0.4 is 5.56 Å². The lowest BCUT2D eigenvalue weighted by Gasteiger charge is -2.36. The molecule has 0 saturated heterocycles. The summed E-state index contributed by atoms with van der Waals surface area (Å²) in [4.78, 5) is 32.7. The zero-order chi connectivity index (χ0) is 15.0. The second-order valence-corrected chi connectivity index (χ2v) is 6.86. The highest BCUT2D eigenvalue weighted by Gasteiger charge is 2.52. The van der Waals surface area contributed by atoms with Crippen molar-refractivity contribution in [2.45, 2.75) is 39.0 Å². The number of rotatable bonds is 4. The molecule has 2 fully saturated rings. The zero-order valence-corrected chi connectivity index (χ0v) is 12.8. The number of carbonyl (C=O) groups is 1. The molecule has 2 aliphatic carbocycles. The van der Waals surface area contributed by atoms with Crippen molar-refractivity contribution in [3.05, 3.63) is 28.4 Å². The second-order valence-electron chi connectivity index (χ2n) is 6.86. The minimum atomic E-state index is -0.171. The molecule has 1 aromatic heterocycles. The van der Waals surface area contributed by atoms with E-state index < -0.39 is 0 Å². The van der Waals surface area contributed by atoms with Crippen molar-refractivity contribution in [3.63, 3.8) is 0 Å². The van der Waals surface area contributed by atoms with Gasteiger partial charge in [0, 0.05) is 37.7 Å². The number of hydrogen-bond acceptors (Lipinski definition) is 3. The van der Waals surface area contributed by atoms with Crippen molar-refractivity contribution in [2.24, 2.45) is 17.3 Å². The van der Waals surface area contributed by atoms with Crippen LogP contribution in [0.4, 0.5) is 0 Å². The molecular weight excluding hydrogens is 266 g/mol. The maximum atomic E-state index is 12.8. The van der Waals surface area contributed by atoms with Gasteiger partial charge < -0.3 is 9.88 Å². The summed E-state index contributed by atoms with van der Waals surface area (Å²) >= 11 is 0. The number of amides is 1. The van der Waals surface area contributed by atoms with Crippen LogP contribution in [0.25, 0.3) is 0 Å². The van der Waals surface area contributed by atoms with Crippen LogP contribution >= 0.6 is 0 Å². The fourth-order valence-corrected chi connectivity index (χ4v) is 4.22. The summed E-state index contributed by atoms with van der Waals surface area (Å²) in [6, 6.07) is 1.40. The maximum Gasteiger partial charge on any atom is 0.250 e. The molecule has 3 unspecified atom stereocenters. The summed E-state index contributed by atoms with van der Waals surface area (Å²) in [5, 5.41) is 0. The molecule has 0 aromatic carbocycles. The Morgan fingerprint density at radius 3 is 2.95 bits per heavy atom. The molecule has 1 aromatic rings. The molecule has 1 amide bonds. The molecule has 0 spiro atoms. The minimum Gasteiger partial charge on any atom is -0.345 e. The molecule has 2 saturated carbocycles. The number of hydrogen-bond donors (Lipinski definition) is 1. The van der Waals surface area contributed by atoms with E-state index in [0.717, 1.165) is 12.3 Å². The predicted octanol–water partition coefficient (Wildman–Crippen LogP) is 1.60. The quantitative estimate of drug-likeness (QED) is 0.915. The van der Waals surface area contributed by atoms with Gasteiger partial charge >= 0.3 is 0 Å². The highest BCUT2D eigenvalue weighted by atomic mass is 16.2. The summed E-state index contributed by atoms with van der Waals surface area (Å²) in [5.74, 6) is 2.21. The molecule has 3 atom stereocenters. The van der Waals surface area contributed by atoms with Gasteiger partial charge in [0.15, 0.2) is 0 Å². The Labute approximate surface area is 124 Å². The second kappa shape index (κ2) is 5.28. The van der Waals surface area contributed by atoms with Gasteiger partial charge in [-0.2, -0.15) is 0 Å². The highest BCUT2D eigenvalue weighted by molar-refractivity contribution is 5.83. The summed E-state index contributed by atoms with van der Waals surface area (Å²) in [5.41, 5.74) is -0.316. The van der Waals surface area contributed by atoms with E-state index in [2.05, 4.69) is 16.9 Å². The van der Waals surface area contributed by atoms with Crippen molar-refractivity contribution >= 4 is 5.91 Å². The van der Waals surface area contributed by atoms with Gasteiger partial charge in [0.2, 0.25) is 5.91 Å². The molecule has 1 N–H and O–H groups in total. The van der Waals surface area contributed by atoms with Crippen LogP contribution in [-0.4, -0.2) is 34.4 Å². The van der Waals surface area contributed by atoms with E-state index in [0.29, 0.717) is 24.7 Å². The number of aromatic nitrogens is 2. The van der Waals surface area contributed by atoms with Crippen LogP contribution in [0.1, 0.15) is 38.4 Å². The lowest BCUT2D eigenvalue weighted by Crippen LogP contribution is -2.44. The SMILES string of the molecule is CN(CCc1nccc(=O)[nH]1)C(=O)C1(C)CC2CCC1C2. The van der Waals surface area contributed by atoms with Crippen LogP contribution in [0.15, 0.2) is 17.1 Å². The molecule has 0 radical (unpaired) electrons. The summed E-state index contributed by atoms with van der Waals surface area (Å²) < 4.78 is 0. The van der Waals surface area contributed by atoms with Crippen LogP contribution in [0.3, 0.4) is 0 Å². The predicted molar refractivity (Wildman–Crippen MR) is 79.8 cm³/mol. The van der Waals surface area contributed by atoms with E-state index >= 15 is 0 Å². The van der Waals surface area contributed by atoms with E-state index in [-0.39, 0.29) is 16.9 Å². The minimum absolute atomic E-state index is 0.144. The van der Waals surface area contributed by atoms with Gasteiger partial charge in [0.1, 0.15) is 5.82 Å². The zero-order valence-electron chi connectivity index (χ0n) is 12.8. The number of carbonyl (C=O) groups excluding carboxylic acids is 1. The molecule has 2 aliphatic rings. The number of nitrogens with one attached hydrogen (secondary N) is 1. The molecule has 21 heavy (non-hydrogen) atoms. The van der Waals surface area contributed by atoms with Gasteiger partial charge in [0.05, 0.1) is 0 Å². The van der Waals surface area contributed by atoms with Crippen molar-refractivity contribution in [1.82, 2.24) is 14.9 Å². The monoisotopic (exact) mass is 289 g/mol. The van der Waals surface area contributed by atoms with Crippen molar-refractivity contribution < 1.29 is 4.79 Å². The third-order valence-electron chi connectivity index (χ3n) is 5.40. The lowest BCUT2D eigenvalue weighted by atomic mass is 9.73. The van der Waals surface area contributed by atoms with Crippen LogP contribution in [0.5, 0.6) is 0 Å². The standard InChI is InChI=1S/C16H23N3O2/c1-16(10-11-3-4-12(16)9-11)15(21)19(2)8-6-13-17-7-5-14(20)18-13/h5,7,11-12H,3-4,6,8-10H2,1-2H3,(H,17,18,20). The lowest BCUT2D eigenvalue weighted by molar-refractivity contribution is -0.142. The molecule has 5 heteroatoms. The molecule has 1 heterocycles. The maximum absolute atomic E-state index is 12.8. The average molecular weight is 289 g/mol. The Kier molecular flexibility index (Phi) is 3.59. The molecule has 2 bridgehead atoms.